The van der Waals surface area contributed by atoms with Gasteiger partial charge < -0.3 is 0 Å². The molecule has 0 heteroatoms. The predicted octanol–water partition coefficient (Wildman–Crippen LogP) is 11.6. The zero-order chi connectivity index (χ0) is 31.6. The van der Waals surface area contributed by atoms with Gasteiger partial charge in [0.15, 0.2) is 0 Å². The first-order valence-corrected chi connectivity index (χ1v) is 15.8. The van der Waals surface area contributed by atoms with Crippen molar-refractivity contribution < 1.29 is 0 Å². The van der Waals surface area contributed by atoms with E-state index in [0.717, 1.165) is 55.7 Å². The minimum absolute atomic E-state index is 0.975. The summed E-state index contributed by atoms with van der Waals surface area (Å²) < 4.78 is 0. The summed E-state index contributed by atoms with van der Waals surface area (Å²) in [5.74, 6) is 0. The maximum Gasteiger partial charge on any atom is 0.0490 e. The van der Waals surface area contributed by atoms with Crippen molar-refractivity contribution in [2.45, 2.75) is 27.7 Å². The number of benzene rings is 6. The van der Waals surface area contributed by atoms with Crippen LogP contribution in [0, 0.1) is 27.7 Å². The SMILES string of the molecule is Cc1ccc(C(=C=C=C2C(=C=C=C(c3ccc(C)cc3)c3ccc(C)cc3)c3cccc4cccc2c34)c2ccc(C)cc2)cc1. The van der Waals surface area contributed by atoms with Crippen molar-refractivity contribution in [3.63, 3.8) is 0 Å². The van der Waals surface area contributed by atoms with Crippen molar-refractivity contribution in [3.05, 3.63) is 212 Å². The summed E-state index contributed by atoms with van der Waals surface area (Å²) in [6.07, 6.45) is 0. The van der Waals surface area contributed by atoms with E-state index in [0.29, 0.717) is 0 Å². The zero-order valence-corrected chi connectivity index (χ0v) is 26.7. The molecule has 0 spiro atoms. The topological polar surface area (TPSA) is 0 Å². The van der Waals surface area contributed by atoms with Gasteiger partial charge in [0, 0.05) is 22.3 Å². The Labute approximate surface area is 272 Å². The van der Waals surface area contributed by atoms with Crippen molar-refractivity contribution in [1.29, 1.82) is 0 Å². The van der Waals surface area contributed by atoms with Gasteiger partial charge in [0.2, 0.25) is 0 Å². The van der Waals surface area contributed by atoms with E-state index in [1.807, 2.05) is 0 Å². The highest BCUT2D eigenvalue weighted by molar-refractivity contribution is 6.21. The fourth-order valence-electron chi connectivity index (χ4n) is 6.04. The van der Waals surface area contributed by atoms with Gasteiger partial charge in [0.1, 0.15) is 0 Å². The average Bonchev–Trinajstić information content (AvgIpc) is 3.38. The lowest BCUT2D eigenvalue weighted by Gasteiger charge is -2.07. The number of allylic oxidation sites excluding steroid dienone is 2. The molecule has 0 saturated heterocycles. The molecule has 0 heterocycles. The molecule has 1 aliphatic rings. The normalized spacial score (nSPS) is 11.5. The quantitative estimate of drug-likeness (QED) is 0.180. The Morgan fingerprint density at radius 3 is 0.978 bits per heavy atom. The largest absolute Gasteiger partial charge is 0.0610 e. The van der Waals surface area contributed by atoms with Gasteiger partial charge in [0.05, 0.1) is 0 Å². The zero-order valence-electron chi connectivity index (χ0n) is 26.7. The van der Waals surface area contributed by atoms with Gasteiger partial charge in [-0.3, -0.25) is 0 Å². The number of hydrogen-bond donors (Lipinski definition) is 0. The van der Waals surface area contributed by atoms with Crippen molar-refractivity contribution in [2.75, 3.05) is 0 Å². The molecule has 0 atom stereocenters. The number of hydrogen-bond acceptors (Lipinski definition) is 0. The molecule has 0 unspecified atom stereocenters. The fourth-order valence-corrected chi connectivity index (χ4v) is 6.04. The molecular formula is C46H34. The van der Waals surface area contributed by atoms with Crippen molar-refractivity contribution >= 4 is 33.1 Å². The Hall–Kier alpha value is -5.82. The molecule has 7 rings (SSSR count). The lowest BCUT2D eigenvalue weighted by atomic mass is 9.96. The summed E-state index contributed by atoms with van der Waals surface area (Å²) in [5.41, 5.74) is 30.2. The molecule has 6 aromatic rings. The van der Waals surface area contributed by atoms with Crippen LogP contribution >= 0.6 is 0 Å². The second kappa shape index (κ2) is 12.3. The van der Waals surface area contributed by atoms with Crippen LogP contribution in [0.25, 0.3) is 33.1 Å². The molecule has 6 aromatic carbocycles. The standard InChI is InChI=1S/C46H34/c1-31-11-19-35(20-12-31)40(36-21-13-32(2)14-22-36)27-29-42-43(45-10-6-8-39-7-5-9-44(42)46(39)45)30-28-41(37-23-15-33(3)16-24-37)38-25-17-34(4)18-26-38/h5-26H,1-4H3. The lowest BCUT2D eigenvalue weighted by molar-refractivity contribution is 1.43. The van der Waals surface area contributed by atoms with E-state index < -0.39 is 0 Å². The molecule has 0 radical (unpaired) electrons. The molecule has 0 saturated carbocycles. The van der Waals surface area contributed by atoms with E-state index in [-0.39, 0.29) is 0 Å². The molecule has 0 N–H and O–H groups in total. The van der Waals surface area contributed by atoms with Crippen molar-refractivity contribution in [3.8, 4) is 0 Å². The Kier molecular flexibility index (Phi) is 7.72. The van der Waals surface area contributed by atoms with Crippen LogP contribution < -0.4 is 0 Å². The summed E-state index contributed by atoms with van der Waals surface area (Å²) in [7, 11) is 0. The van der Waals surface area contributed by atoms with Gasteiger partial charge in [-0.25, -0.2) is 0 Å². The van der Waals surface area contributed by atoms with E-state index in [4.69, 9.17) is 0 Å². The first-order valence-electron chi connectivity index (χ1n) is 15.8. The Balaban J connectivity index is 1.58. The predicted molar refractivity (Wildman–Crippen MR) is 195 cm³/mol. The summed E-state index contributed by atoms with van der Waals surface area (Å²) in [5, 5.41) is 2.42. The fraction of sp³-hybridized carbons (Fsp3) is 0.0870. The van der Waals surface area contributed by atoms with Gasteiger partial charge in [-0.15, -0.1) is 0 Å². The monoisotopic (exact) mass is 586 g/mol. The van der Waals surface area contributed by atoms with E-state index in [1.165, 1.54) is 33.0 Å². The van der Waals surface area contributed by atoms with Gasteiger partial charge in [0.25, 0.3) is 0 Å². The Morgan fingerprint density at radius 2 is 0.674 bits per heavy atom. The first kappa shape index (κ1) is 28.9. The van der Waals surface area contributed by atoms with Crippen LogP contribution in [0.3, 0.4) is 0 Å². The smallest absolute Gasteiger partial charge is 0.0490 e. The van der Waals surface area contributed by atoms with Crippen LogP contribution in [0.4, 0.5) is 0 Å². The van der Waals surface area contributed by atoms with E-state index in [2.05, 4.69) is 184 Å². The van der Waals surface area contributed by atoms with Crippen LogP contribution in [-0.2, 0) is 0 Å². The van der Waals surface area contributed by atoms with E-state index >= 15 is 0 Å². The van der Waals surface area contributed by atoms with E-state index in [1.54, 1.807) is 0 Å². The number of aryl methyl sites for hydroxylation is 4. The van der Waals surface area contributed by atoms with E-state index in [9.17, 15) is 0 Å². The van der Waals surface area contributed by atoms with Crippen LogP contribution in [0.1, 0.15) is 55.6 Å². The minimum Gasteiger partial charge on any atom is -0.0610 e. The first-order chi connectivity index (χ1) is 22.4. The third-order valence-electron chi connectivity index (χ3n) is 8.68. The molecule has 0 nitrogen and oxygen atoms in total. The molecule has 0 aromatic heterocycles. The maximum absolute atomic E-state index is 3.66. The molecular weight excluding hydrogens is 553 g/mol. The van der Waals surface area contributed by atoms with Gasteiger partial charge in [-0.1, -0.05) is 179 Å². The lowest BCUT2D eigenvalue weighted by Crippen LogP contribution is -1.88. The van der Waals surface area contributed by atoms with Crippen molar-refractivity contribution in [1.82, 2.24) is 0 Å². The second-order valence-electron chi connectivity index (χ2n) is 12.2. The van der Waals surface area contributed by atoms with Crippen LogP contribution in [0.2, 0.25) is 0 Å². The molecule has 218 valence electrons. The Bertz CT molecular complexity index is 2050. The summed E-state index contributed by atoms with van der Waals surface area (Å²) in [4.78, 5) is 0. The highest BCUT2D eigenvalue weighted by Crippen LogP contribution is 2.44. The maximum atomic E-state index is 3.66. The highest BCUT2D eigenvalue weighted by Gasteiger charge is 2.24. The van der Waals surface area contributed by atoms with Crippen molar-refractivity contribution in [2.24, 2.45) is 0 Å². The molecule has 1 aliphatic carbocycles. The summed E-state index contributed by atoms with van der Waals surface area (Å²) in [6.45, 7) is 8.47. The van der Waals surface area contributed by atoms with Gasteiger partial charge in [-0.05, 0) is 71.8 Å². The Morgan fingerprint density at radius 1 is 0.370 bits per heavy atom. The van der Waals surface area contributed by atoms with Crippen LogP contribution in [-0.4, -0.2) is 0 Å². The molecule has 0 aliphatic heterocycles. The highest BCUT2D eigenvalue weighted by atomic mass is 14.2. The summed E-state index contributed by atoms with van der Waals surface area (Å²) >= 11 is 0. The molecule has 46 heavy (non-hydrogen) atoms. The second-order valence-corrected chi connectivity index (χ2v) is 12.2. The molecule has 0 amide bonds. The molecule has 0 fully saturated rings. The minimum atomic E-state index is 0.975. The third-order valence-corrected chi connectivity index (χ3v) is 8.68. The van der Waals surface area contributed by atoms with Crippen LogP contribution in [0.5, 0.6) is 0 Å². The third kappa shape index (κ3) is 5.71. The van der Waals surface area contributed by atoms with Gasteiger partial charge >= 0.3 is 0 Å². The van der Waals surface area contributed by atoms with Gasteiger partial charge in [-0.2, -0.15) is 0 Å². The summed E-state index contributed by atoms with van der Waals surface area (Å²) in [6, 6.07) is 47.6. The molecule has 0 bridgehead atoms. The number of rotatable bonds is 4. The average molecular weight is 587 g/mol. The van der Waals surface area contributed by atoms with Crippen LogP contribution in [0.15, 0.2) is 156 Å².